The van der Waals surface area contributed by atoms with Crippen LogP contribution in [0.5, 0.6) is 11.5 Å². The molecule has 0 atom stereocenters. The average Bonchev–Trinajstić information content (AvgIpc) is 3.13. The lowest BCUT2D eigenvalue weighted by atomic mass is 9.81. The summed E-state index contributed by atoms with van der Waals surface area (Å²) in [4.78, 5) is 0. The van der Waals surface area contributed by atoms with Crippen LogP contribution in [0.3, 0.4) is 0 Å². The molecule has 0 aliphatic carbocycles. The van der Waals surface area contributed by atoms with Crippen LogP contribution < -0.4 is 20.1 Å². The quantitative estimate of drug-likeness (QED) is 0.193. The number of fused-ring (bicyclic) bond motifs is 1. The van der Waals surface area contributed by atoms with Gasteiger partial charge in [0.15, 0.2) is 0 Å². The Morgan fingerprint density at radius 1 is 0.480 bits per heavy atom. The van der Waals surface area contributed by atoms with E-state index in [0.29, 0.717) is 47.0 Å². The van der Waals surface area contributed by atoms with Crippen LogP contribution in [0, 0.1) is 45.3 Å². The number of hydrogen-bond donors (Lipinski definition) is 2. The second-order valence-electron chi connectivity index (χ2n) is 12.4. The van der Waals surface area contributed by atoms with Gasteiger partial charge in [-0.3, -0.25) is 0 Å². The smallest absolute Gasteiger partial charge is 0.119 e. The lowest BCUT2D eigenvalue weighted by Gasteiger charge is -2.26. The number of dihydropyridines is 2. The van der Waals surface area contributed by atoms with E-state index in [1.54, 1.807) is 0 Å². The first-order chi connectivity index (χ1) is 24.2. The molecular weight excluding hydrogens is 621 g/mol. The zero-order chi connectivity index (χ0) is 35.4. The summed E-state index contributed by atoms with van der Waals surface area (Å²) >= 11 is 0. The van der Waals surface area contributed by atoms with Gasteiger partial charge in [0.2, 0.25) is 0 Å². The monoisotopic (exact) mass is 654 g/mol. The van der Waals surface area contributed by atoms with Crippen molar-refractivity contribution in [3.8, 4) is 35.8 Å². The van der Waals surface area contributed by atoms with Crippen molar-refractivity contribution >= 4 is 10.8 Å². The van der Waals surface area contributed by atoms with Crippen molar-refractivity contribution in [3.05, 3.63) is 152 Å². The Balaban J connectivity index is 1.08. The van der Waals surface area contributed by atoms with Crippen molar-refractivity contribution in [2.75, 3.05) is 0 Å². The Bertz CT molecular complexity index is 2060. The summed E-state index contributed by atoms with van der Waals surface area (Å²) < 4.78 is 12.2. The number of hydrogen-bond acceptors (Lipinski definition) is 8. The topological polar surface area (TPSA) is 138 Å². The number of rotatable bonds is 8. The molecule has 8 heteroatoms. The molecule has 4 aromatic carbocycles. The molecule has 0 fully saturated rings. The van der Waals surface area contributed by atoms with Crippen LogP contribution in [0.25, 0.3) is 10.8 Å². The van der Waals surface area contributed by atoms with E-state index in [-0.39, 0.29) is 0 Å². The van der Waals surface area contributed by atoms with Crippen molar-refractivity contribution in [1.29, 1.82) is 21.0 Å². The molecule has 2 heterocycles. The lowest BCUT2D eigenvalue weighted by Crippen LogP contribution is -2.23. The number of nitrogens with zero attached hydrogens (tertiary/aromatic N) is 4. The fourth-order valence-electron chi connectivity index (χ4n) is 6.62. The summed E-state index contributed by atoms with van der Waals surface area (Å²) in [5.41, 5.74) is 9.01. The maximum Gasteiger partial charge on any atom is 0.119 e. The predicted molar refractivity (Wildman–Crippen MR) is 191 cm³/mol. The van der Waals surface area contributed by atoms with Gasteiger partial charge in [-0.1, -0.05) is 48.5 Å². The molecule has 8 nitrogen and oxygen atoms in total. The van der Waals surface area contributed by atoms with Crippen molar-refractivity contribution in [2.45, 2.75) is 52.7 Å². The summed E-state index contributed by atoms with van der Waals surface area (Å²) in [6.45, 7) is 8.20. The first-order valence-corrected chi connectivity index (χ1v) is 16.2. The van der Waals surface area contributed by atoms with Gasteiger partial charge in [0, 0.05) is 22.8 Å². The molecule has 0 amide bonds. The van der Waals surface area contributed by atoms with Gasteiger partial charge in [-0.2, -0.15) is 21.0 Å². The fraction of sp³-hybridized carbons (Fsp3) is 0.190. The summed E-state index contributed by atoms with van der Waals surface area (Å²) in [6, 6.07) is 36.7. The van der Waals surface area contributed by atoms with Gasteiger partial charge in [0.25, 0.3) is 0 Å². The van der Waals surface area contributed by atoms with Gasteiger partial charge in [0.1, 0.15) is 24.7 Å². The molecule has 0 spiro atoms. The maximum absolute atomic E-state index is 9.78. The van der Waals surface area contributed by atoms with E-state index in [2.05, 4.69) is 59.2 Å². The van der Waals surface area contributed by atoms with Crippen LogP contribution in [0.4, 0.5) is 0 Å². The zero-order valence-electron chi connectivity index (χ0n) is 28.3. The first kappa shape index (κ1) is 33.2. The van der Waals surface area contributed by atoms with Gasteiger partial charge in [-0.25, -0.2) is 0 Å². The third kappa shape index (κ3) is 6.52. The number of nitriles is 4. The van der Waals surface area contributed by atoms with E-state index in [0.717, 1.165) is 55.8 Å². The number of ether oxygens (including phenoxy) is 2. The molecule has 2 aliphatic rings. The van der Waals surface area contributed by atoms with E-state index in [9.17, 15) is 21.0 Å². The van der Waals surface area contributed by atoms with Gasteiger partial charge in [-0.15, -0.1) is 0 Å². The molecule has 0 saturated carbocycles. The largest absolute Gasteiger partial charge is 0.489 e. The number of benzene rings is 4. The Labute approximate surface area is 292 Å². The maximum atomic E-state index is 9.78. The highest BCUT2D eigenvalue weighted by atomic mass is 16.5. The molecule has 0 unspecified atom stereocenters. The zero-order valence-corrected chi connectivity index (χ0v) is 28.3. The predicted octanol–water partition coefficient (Wildman–Crippen LogP) is 8.56. The SMILES string of the molecule is CC1=C(C#N)C(c2ccc(OCc3ccc4cc(COc5ccc(C6C(C#N)=C(C)NC(C)=C6C#N)cc5)ccc4c3)cc2)C(C#N)=C(C)N1. The molecule has 2 N–H and O–H groups in total. The highest BCUT2D eigenvalue weighted by Crippen LogP contribution is 2.39. The van der Waals surface area contributed by atoms with Gasteiger partial charge in [-0.05, 0) is 97.1 Å². The minimum Gasteiger partial charge on any atom is -0.489 e. The molecule has 50 heavy (non-hydrogen) atoms. The van der Waals surface area contributed by atoms with Gasteiger partial charge < -0.3 is 20.1 Å². The van der Waals surface area contributed by atoms with Gasteiger partial charge >= 0.3 is 0 Å². The molecular formula is C42H34N6O2. The summed E-state index contributed by atoms with van der Waals surface area (Å²) in [6.07, 6.45) is 0. The normalized spacial score (nSPS) is 15.1. The number of allylic oxidation sites excluding steroid dienone is 8. The molecule has 2 aliphatic heterocycles. The van der Waals surface area contributed by atoms with E-state index < -0.39 is 11.8 Å². The fourth-order valence-corrected chi connectivity index (χ4v) is 6.62. The highest BCUT2D eigenvalue weighted by Gasteiger charge is 2.30. The number of nitrogens with one attached hydrogen (secondary N) is 2. The van der Waals surface area contributed by atoms with Crippen molar-refractivity contribution in [1.82, 2.24) is 10.6 Å². The van der Waals surface area contributed by atoms with Crippen molar-refractivity contribution in [3.63, 3.8) is 0 Å². The second kappa shape index (κ2) is 14.2. The van der Waals surface area contributed by atoms with Crippen LogP contribution >= 0.6 is 0 Å². The van der Waals surface area contributed by atoms with Crippen molar-refractivity contribution in [2.24, 2.45) is 0 Å². The van der Waals surface area contributed by atoms with E-state index in [1.807, 2.05) is 88.4 Å². The van der Waals surface area contributed by atoms with Crippen LogP contribution in [-0.2, 0) is 13.2 Å². The second-order valence-corrected chi connectivity index (χ2v) is 12.4. The Kier molecular flexibility index (Phi) is 9.40. The van der Waals surface area contributed by atoms with Crippen LogP contribution in [0.2, 0.25) is 0 Å². The summed E-state index contributed by atoms with van der Waals surface area (Å²) in [5, 5.41) is 47.6. The van der Waals surface area contributed by atoms with Crippen LogP contribution in [0.1, 0.15) is 61.8 Å². The molecule has 4 aromatic rings. The standard InChI is InChI=1S/C42H34N6O2/c1-25-37(19-43)41(38(20-44)26(2)47-25)31-9-13-35(14-10-31)49-23-29-5-7-34-18-30(6-8-33(34)17-29)24-50-36-15-11-32(12-16-36)42-39(21-45)27(3)48-28(4)40(42)22-46/h5-18,41-42,47-48H,23-24H2,1-4H3. The molecule has 0 bridgehead atoms. The van der Waals surface area contributed by atoms with Crippen molar-refractivity contribution < 1.29 is 9.47 Å². The highest BCUT2D eigenvalue weighted by molar-refractivity contribution is 5.83. The first-order valence-electron chi connectivity index (χ1n) is 16.2. The van der Waals surface area contributed by atoms with E-state index >= 15 is 0 Å². The Morgan fingerprint density at radius 3 is 1.10 bits per heavy atom. The third-order valence-electron chi connectivity index (χ3n) is 9.21. The lowest BCUT2D eigenvalue weighted by molar-refractivity contribution is 0.306. The Hall–Kier alpha value is -6.74. The van der Waals surface area contributed by atoms with Crippen LogP contribution in [0.15, 0.2) is 130 Å². The molecule has 244 valence electrons. The summed E-state index contributed by atoms with van der Waals surface area (Å²) in [7, 11) is 0. The molecule has 0 saturated heterocycles. The third-order valence-corrected chi connectivity index (χ3v) is 9.21. The van der Waals surface area contributed by atoms with E-state index in [1.165, 1.54) is 0 Å². The minimum absolute atomic E-state index is 0.391. The van der Waals surface area contributed by atoms with E-state index in [4.69, 9.17) is 9.47 Å². The molecule has 6 rings (SSSR count). The Morgan fingerprint density at radius 2 is 0.800 bits per heavy atom. The summed E-state index contributed by atoms with van der Waals surface area (Å²) in [5.74, 6) is 0.600. The minimum atomic E-state index is -0.401. The van der Waals surface area contributed by atoms with Crippen LogP contribution in [-0.4, -0.2) is 0 Å². The van der Waals surface area contributed by atoms with Gasteiger partial charge in [0.05, 0.1) is 58.4 Å². The average molecular weight is 655 g/mol. The molecule has 0 aromatic heterocycles. The molecule has 0 radical (unpaired) electrons.